The molecule has 0 bridgehead atoms. The Morgan fingerprint density at radius 3 is 2.04 bits per heavy atom. The van der Waals surface area contributed by atoms with Crippen molar-refractivity contribution in [3.05, 3.63) is 90.0 Å². The molecule has 0 aliphatic carbocycles. The van der Waals surface area contributed by atoms with Gasteiger partial charge in [-0.15, -0.1) is 0 Å². The molecule has 3 rings (SSSR count). The van der Waals surface area contributed by atoms with E-state index in [1.54, 1.807) is 0 Å². The maximum atomic E-state index is 5.97. The van der Waals surface area contributed by atoms with Gasteiger partial charge in [-0.25, -0.2) is 0 Å². The smallest absolute Gasteiger partial charge is 0.120 e. The molecule has 0 fully saturated rings. The van der Waals surface area contributed by atoms with E-state index in [9.17, 15) is 0 Å². The molecule has 1 nitrogen and oxygen atoms in total. The summed E-state index contributed by atoms with van der Waals surface area (Å²) < 4.78 is 5.97. The summed E-state index contributed by atoms with van der Waals surface area (Å²) in [4.78, 5) is 0. The highest BCUT2D eigenvalue weighted by Gasteiger charge is 2.13. The SMILES string of the molecule is CC(C)(C)c1cccc(OCc2ccc(-c3ccccc3)cc2)c1. The average Bonchev–Trinajstić information content (AvgIpc) is 2.61. The van der Waals surface area contributed by atoms with Crippen LogP contribution in [0.2, 0.25) is 0 Å². The minimum atomic E-state index is 0.136. The van der Waals surface area contributed by atoms with Crippen LogP contribution >= 0.6 is 0 Å². The lowest BCUT2D eigenvalue weighted by Crippen LogP contribution is -2.10. The lowest BCUT2D eigenvalue weighted by atomic mass is 9.87. The van der Waals surface area contributed by atoms with E-state index in [1.165, 1.54) is 22.3 Å². The van der Waals surface area contributed by atoms with Crippen LogP contribution < -0.4 is 4.74 Å². The molecular weight excluding hydrogens is 292 g/mol. The molecule has 0 aliphatic heterocycles. The molecule has 0 heterocycles. The Morgan fingerprint density at radius 2 is 1.38 bits per heavy atom. The summed E-state index contributed by atoms with van der Waals surface area (Å²) in [5.74, 6) is 0.926. The molecule has 1 heteroatoms. The summed E-state index contributed by atoms with van der Waals surface area (Å²) in [5.41, 5.74) is 5.07. The van der Waals surface area contributed by atoms with Gasteiger partial charge in [0.1, 0.15) is 12.4 Å². The van der Waals surface area contributed by atoms with E-state index in [2.05, 4.69) is 87.5 Å². The largest absolute Gasteiger partial charge is 0.489 e. The molecule has 0 radical (unpaired) electrons. The van der Waals surface area contributed by atoms with Gasteiger partial charge in [0, 0.05) is 0 Å². The molecule has 0 saturated heterocycles. The molecule has 24 heavy (non-hydrogen) atoms. The molecule has 122 valence electrons. The first-order valence-corrected chi connectivity index (χ1v) is 8.40. The Kier molecular flexibility index (Phi) is 4.71. The zero-order valence-electron chi connectivity index (χ0n) is 14.6. The number of rotatable bonds is 4. The van der Waals surface area contributed by atoms with Crippen molar-refractivity contribution in [3.63, 3.8) is 0 Å². The minimum absolute atomic E-state index is 0.136. The van der Waals surface area contributed by atoms with Gasteiger partial charge >= 0.3 is 0 Å². The van der Waals surface area contributed by atoms with Crippen LogP contribution in [0, 0.1) is 0 Å². The van der Waals surface area contributed by atoms with E-state index in [-0.39, 0.29) is 5.41 Å². The Balaban J connectivity index is 1.67. The molecule has 0 atom stereocenters. The first-order chi connectivity index (χ1) is 11.5. The van der Waals surface area contributed by atoms with Crippen LogP contribution in [0.1, 0.15) is 31.9 Å². The second-order valence-electron chi connectivity index (χ2n) is 7.13. The van der Waals surface area contributed by atoms with Crippen molar-refractivity contribution in [1.82, 2.24) is 0 Å². The molecule has 3 aromatic carbocycles. The number of ether oxygens (including phenoxy) is 1. The van der Waals surface area contributed by atoms with Crippen molar-refractivity contribution in [2.75, 3.05) is 0 Å². The van der Waals surface area contributed by atoms with Crippen molar-refractivity contribution in [3.8, 4) is 16.9 Å². The van der Waals surface area contributed by atoms with E-state index in [1.807, 2.05) is 12.1 Å². The van der Waals surface area contributed by atoms with Crippen molar-refractivity contribution < 1.29 is 4.74 Å². The highest BCUT2D eigenvalue weighted by Crippen LogP contribution is 2.26. The number of hydrogen-bond donors (Lipinski definition) is 0. The van der Waals surface area contributed by atoms with Crippen LogP contribution in [0.4, 0.5) is 0 Å². The zero-order chi connectivity index (χ0) is 17.0. The second kappa shape index (κ2) is 6.92. The van der Waals surface area contributed by atoms with Gasteiger partial charge in [0.25, 0.3) is 0 Å². The van der Waals surface area contributed by atoms with Crippen molar-refractivity contribution >= 4 is 0 Å². The molecule has 0 saturated carbocycles. The van der Waals surface area contributed by atoms with Crippen LogP contribution in [-0.4, -0.2) is 0 Å². The number of benzene rings is 3. The molecular formula is C23H24O. The second-order valence-corrected chi connectivity index (χ2v) is 7.13. The van der Waals surface area contributed by atoms with Gasteiger partial charge in [-0.2, -0.15) is 0 Å². The summed E-state index contributed by atoms with van der Waals surface area (Å²) in [6, 6.07) is 27.4. The highest BCUT2D eigenvalue weighted by molar-refractivity contribution is 5.63. The quantitative estimate of drug-likeness (QED) is 0.554. The molecule has 0 spiro atoms. The lowest BCUT2D eigenvalue weighted by molar-refractivity contribution is 0.305. The average molecular weight is 316 g/mol. The van der Waals surface area contributed by atoms with Gasteiger partial charge in [0.2, 0.25) is 0 Å². The normalized spacial score (nSPS) is 11.3. The summed E-state index contributed by atoms with van der Waals surface area (Å²) in [7, 11) is 0. The van der Waals surface area contributed by atoms with E-state index in [0.29, 0.717) is 6.61 Å². The predicted octanol–water partition coefficient (Wildman–Crippen LogP) is 6.23. The third-order valence-electron chi connectivity index (χ3n) is 4.17. The van der Waals surface area contributed by atoms with E-state index in [0.717, 1.165) is 5.75 Å². The van der Waals surface area contributed by atoms with Crippen LogP contribution in [0.15, 0.2) is 78.9 Å². The minimum Gasteiger partial charge on any atom is -0.489 e. The van der Waals surface area contributed by atoms with Gasteiger partial charge in [-0.3, -0.25) is 0 Å². The van der Waals surface area contributed by atoms with Crippen molar-refractivity contribution in [1.29, 1.82) is 0 Å². The summed E-state index contributed by atoms with van der Waals surface area (Å²) >= 11 is 0. The summed E-state index contributed by atoms with van der Waals surface area (Å²) in [5, 5.41) is 0. The van der Waals surface area contributed by atoms with Gasteiger partial charge in [-0.1, -0.05) is 87.5 Å². The predicted molar refractivity (Wildman–Crippen MR) is 101 cm³/mol. The number of hydrogen-bond acceptors (Lipinski definition) is 1. The zero-order valence-corrected chi connectivity index (χ0v) is 14.6. The Labute approximate surface area is 144 Å². The van der Waals surface area contributed by atoms with Crippen LogP contribution in [0.25, 0.3) is 11.1 Å². The van der Waals surface area contributed by atoms with Crippen LogP contribution in [-0.2, 0) is 12.0 Å². The molecule has 0 N–H and O–H groups in total. The van der Waals surface area contributed by atoms with E-state index >= 15 is 0 Å². The molecule has 0 aromatic heterocycles. The third kappa shape index (κ3) is 4.05. The fourth-order valence-corrected chi connectivity index (χ4v) is 2.64. The highest BCUT2D eigenvalue weighted by atomic mass is 16.5. The molecule has 0 amide bonds. The molecule has 0 aliphatic rings. The van der Waals surface area contributed by atoms with E-state index < -0.39 is 0 Å². The summed E-state index contributed by atoms with van der Waals surface area (Å²) in [6.07, 6.45) is 0. The maximum Gasteiger partial charge on any atom is 0.120 e. The fraction of sp³-hybridized carbons (Fsp3) is 0.217. The fourth-order valence-electron chi connectivity index (χ4n) is 2.64. The van der Waals surface area contributed by atoms with Gasteiger partial charge in [0.05, 0.1) is 0 Å². The monoisotopic (exact) mass is 316 g/mol. The van der Waals surface area contributed by atoms with Crippen molar-refractivity contribution in [2.24, 2.45) is 0 Å². The first kappa shape index (κ1) is 16.3. The Hall–Kier alpha value is -2.54. The van der Waals surface area contributed by atoms with Gasteiger partial charge in [0.15, 0.2) is 0 Å². The third-order valence-corrected chi connectivity index (χ3v) is 4.17. The maximum absolute atomic E-state index is 5.97. The lowest BCUT2D eigenvalue weighted by Gasteiger charge is -2.19. The topological polar surface area (TPSA) is 9.23 Å². The summed E-state index contributed by atoms with van der Waals surface area (Å²) in [6.45, 7) is 7.24. The molecule has 0 unspecified atom stereocenters. The van der Waals surface area contributed by atoms with Crippen LogP contribution in [0.5, 0.6) is 5.75 Å². The Morgan fingerprint density at radius 1 is 0.708 bits per heavy atom. The molecule has 3 aromatic rings. The van der Waals surface area contributed by atoms with Crippen LogP contribution in [0.3, 0.4) is 0 Å². The van der Waals surface area contributed by atoms with E-state index in [4.69, 9.17) is 4.74 Å². The Bertz CT molecular complexity index is 780. The van der Waals surface area contributed by atoms with Crippen molar-refractivity contribution in [2.45, 2.75) is 32.8 Å². The first-order valence-electron chi connectivity index (χ1n) is 8.40. The standard InChI is InChI=1S/C23H24O/c1-23(2,3)21-10-7-11-22(16-21)24-17-18-12-14-20(15-13-18)19-8-5-4-6-9-19/h4-16H,17H2,1-3H3. The van der Waals surface area contributed by atoms with Gasteiger partial charge in [-0.05, 0) is 39.8 Å². The van der Waals surface area contributed by atoms with Gasteiger partial charge < -0.3 is 4.74 Å².